The first-order chi connectivity index (χ1) is 8.24. The first-order valence-electron chi connectivity index (χ1n) is 6.71. The van der Waals surface area contributed by atoms with Gasteiger partial charge in [0.15, 0.2) is 11.6 Å². The van der Waals surface area contributed by atoms with Crippen LogP contribution in [0, 0.1) is 23.7 Å². The van der Waals surface area contributed by atoms with Crippen molar-refractivity contribution >= 4 is 11.6 Å². The fourth-order valence-corrected chi connectivity index (χ4v) is 4.50. The molecule has 2 nitrogen and oxygen atoms in total. The molecule has 0 unspecified atom stereocenters. The van der Waals surface area contributed by atoms with Gasteiger partial charge in [-0.05, 0) is 56.1 Å². The largest absolute Gasteiger partial charge is 0.295 e. The molecule has 88 valence electrons. The van der Waals surface area contributed by atoms with Gasteiger partial charge in [0.1, 0.15) is 0 Å². The third-order valence-electron chi connectivity index (χ3n) is 5.34. The fourth-order valence-electron chi connectivity index (χ4n) is 4.50. The maximum absolute atomic E-state index is 11.9. The number of carbonyl (C=O) groups is 2. The van der Waals surface area contributed by atoms with Crippen LogP contribution in [0.2, 0.25) is 0 Å². The van der Waals surface area contributed by atoms with Crippen molar-refractivity contribution in [1.82, 2.24) is 0 Å². The van der Waals surface area contributed by atoms with Crippen LogP contribution in [0.5, 0.6) is 0 Å². The summed E-state index contributed by atoms with van der Waals surface area (Å²) in [6, 6.07) is 0. The number of allylic oxidation sites excluding steroid dienone is 4. The van der Waals surface area contributed by atoms with E-state index in [0.29, 0.717) is 0 Å². The lowest BCUT2D eigenvalue weighted by Gasteiger charge is -2.35. The minimum absolute atomic E-state index is 0.0226. The zero-order chi connectivity index (χ0) is 11.6. The molecule has 1 fully saturated rings. The summed E-state index contributed by atoms with van der Waals surface area (Å²) in [6.45, 7) is 0. The van der Waals surface area contributed by atoms with Gasteiger partial charge in [-0.15, -0.1) is 0 Å². The Morgan fingerprint density at radius 1 is 0.824 bits per heavy atom. The van der Waals surface area contributed by atoms with Crippen molar-refractivity contribution in [3.8, 4) is 0 Å². The highest BCUT2D eigenvalue weighted by Gasteiger charge is 2.47. The van der Waals surface area contributed by atoms with Gasteiger partial charge in [-0.25, -0.2) is 0 Å². The van der Waals surface area contributed by atoms with Crippen LogP contribution in [0.1, 0.15) is 32.1 Å². The lowest BCUT2D eigenvalue weighted by molar-refractivity contribution is -0.129. The van der Waals surface area contributed by atoms with Gasteiger partial charge in [0.2, 0.25) is 0 Å². The molecule has 4 aliphatic carbocycles. The van der Waals surface area contributed by atoms with Gasteiger partial charge in [0.05, 0.1) is 0 Å². The second-order valence-corrected chi connectivity index (χ2v) is 6.02. The van der Waals surface area contributed by atoms with E-state index in [-0.39, 0.29) is 23.4 Å². The molecule has 0 radical (unpaired) electrons. The summed E-state index contributed by atoms with van der Waals surface area (Å²) in [5.74, 6) is 1.83. The van der Waals surface area contributed by atoms with E-state index in [0.717, 1.165) is 24.7 Å². The second-order valence-electron chi connectivity index (χ2n) is 6.02. The van der Waals surface area contributed by atoms with Crippen LogP contribution in [0.25, 0.3) is 0 Å². The van der Waals surface area contributed by atoms with Gasteiger partial charge < -0.3 is 0 Å². The van der Waals surface area contributed by atoms with Crippen LogP contribution in [-0.2, 0) is 9.59 Å². The highest BCUT2D eigenvalue weighted by atomic mass is 16.1. The SMILES string of the molecule is O=C1C=CC(=O)[C@@H]2CC3=C(C[C@H]12)[C@@H]1CC[C@H]3C1. The molecular formula is C15H16O2. The van der Waals surface area contributed by atoms with Crippen molar-refractivity contribution in [3.05, 3.63) is 23.3 Å². The summed E-state index contributed by atoms with van der Waals surface area (Å²) in [5, 5.41) is 0. The molecule has 0 N–H and O–H groups in total. The van der Waals surface area contributed by atoms with Gasteiger partial charge in [0.25, 0.3) is 0 Å². The maximum Gasteiger partial charge on any atom is 0.159 e. The van der Waals surface area contributed by atoms with Crippen LogP contribution in [0.3, 0.4) is 0 Å². The standard InChI is InChI=1S/C15H16O2/c16-14-3-4-15(17)13-7-11-9-2-1-8(5-9)10(11)6-12(13)14/h3-4,8-9,12-13H,1-2,5-7H2/t8-,9+,12+,13-. The van der Waals surface area contributed by atoms with E-state index in [2.05, 4.69) is 0 Å². The van der Waals surface area contributed by atoms with Gasteiger partial charge in [-0.1, -0.05) is 11.1 Å². The molecule has 4 aliphatic rings. The third-order valence-corrected chi connectivity index (χ3v) is 5.34. The molecule has 4 atom stereocenters. The average Bonchev–Trinajstić information content (AvgIpc) is 2.94. The first-order valence-corrected chi connectivity index (χ1v) is 6.71. The molecule has 4 rings (SSSR count). The summed E-state index contributed by atoms with van der Waals surface area (Å²) in [7, 11) is 0. The van der Waals surface area contributed by atoms with Gasteiger partial charge in [0, 0.05) is 11.8 Å². The van der Waals surface area contributed by atoms with Crippen molar-refractivity contribution in [2.45, 2.75) is 32.1 Å². The number of carbonyl (C=O) groups excluding carboxylic acids is 2. The van der Waals surface area contributed by atoms with E-state index in [4.69, 9.17) is 0 Å². The number of rotatable bonds is 0. The van der Waals surface area contributed by atoms with Gasteiger partial charge in [-0.3, -0.25) is 9.59 Å². The maximum atomic E-state index is 11.9. The van der Waals surface area contributed by atoms with Crippen LogP contribution < -0.4 is 0 Å². The number of ketones is 2. The van der Waals surface area contributed by atoms with E-state index in [1.807, 2.05) is 0 Å². The van der Waals surface area contributed by atoms with E-state index in [1.165, 1.54) is 31.4 Å². The van der Waals surface area contributed by atoms with Crippen LogP contribution in [-0.4, -0.2) is 11.6 Å². The number of fused-ring (bicyclic) bond motifs is 5. The Kier molecular flexibility index (Phi) is 1.84. The number of hydrogen-bond acceptors (Lipinski definition) is 2. The van der Waals surface area contributed by atoms with E-state index < -0.39 is 0 Å². The zero-order valence-corrected chi connectivity index (χ0v) is 9.82. The molecule has 0 saturated heterocycles. The third kappa shape index (κ3) is 1.21. The Hall–Kier alpha value is -1.18. The smallest absolute Gasteiger partial charge is 0.159 e. The summed E-state index contributed by atoms with van der Waals surface area (Å²) in [5.41, 5.74) is 3.14. The molecule has 0 heterocycles. The minimum atomic E-state index is -0.0226. The highest BCUT2D eigenvalue weighted by Crippen LogP contribution is 2.56. The fraction of sp³-hybridized carbons (Fsp3) is 0.600. The van der Waals surface area contributed by atoms with Crippen molar-refractivity contribution < 1.29 is 9.59 Å². The molecule has 0 aliphatic heterocycles. The molecule has 1 saturated carbocycles. The predicted molar refractivity (Wildman–Crippen MR) is 63.2 cm³/mol. The van der Waals surface area contributed by atoms with E-state index >= 15 is 0 Å². The van der Waals surface area contributed by atoms with Gasteiger partial charge in [-0.2, -0.15) is 0 Å². The van der Waals surface area contributed by atoms with Crippen LogP contribution >= 0.6 is 0 Å². The molecular weight excluding hydrogens is 212 g/mol. The topological polar surface area (TPSA) is 34.1 Å². The Bertz CT molecular complexity index is 441. The Morgan fingerprint density at radius 2 is 1.29 bits per heavy atom. The highest BCUT2D eigenvalue weighted by molar-refractivity contribution is 6.07. The molecule has 17 heavy (non-hydrogen) atoms. The van der Waals surface area contributed by atoms with Crippen molar-refractivity contribution in [1.29, 1.82) is 0 Å². The first kappa shape index (κ1) is 9.81. The summed E-state index contributed by atoms with van der Waals surface area (Å²) < 4.78 is 0. The summed E-state index contributed by atoms with van der Waals surface area (Å²) in [4.78, 5) is 23.8. The van der Waals surface area contributed by atoms with Crippen molar-refractivity contribution in [2.75, 3.05) is 0 Å². The van der Waals surface area contributed by atoms with Crippen molar-refractivity contribution in [2.24, 2.45) is 23.7 Å². The van der Waals surface area contributed by atoms with E-state index in [9.17, 15) is 9.59 Å². The molecule has 0 amide bonds. The molecule has 0 aromatic rings. The molecule has 0 spiro atoms. The molecule has 0 aromatic carbocycles. The molecule has 2 heteroatoms. The van der Waals surface area contributed by atoms with Crippen molar-refractivity contribution in [3.63, 3.8) is 0 Å². The normalized spacial score (nSPS) is 43.1. The molecule has 0 aromatic heterocycles. The predicted octanol–water partition coefficient (Wildman–Crippen LogP) is 2.45. The summed E-state index contributed by atoms with van der Waals surface area (Å²) in [6.07, 6.45) is 8.72. The number of hydrogen-bond donors (Lipinski definition) is 0. The Balaban J connectivity index is 1.74. The van der Waals surface area contributed by atoms with Gasteiger partial charge >= 0.3 is 0 Å². The minimum Gasteiger partial charge on any atom is -0.295 e. The van der Waals surface area contributed by atoms with Crippen LogP contribution in [0.15, 0.2) is 23.3 Å². The zero-order valence-electron chi connectivity index (χ0n) is 9.82. The summed E-state index contributed by atoms with van der Waals surface area (Å²) >= 11 is 0. The Morgan fingerprint density at radius 3 is 1.76 bits per heavy atom. The average molecular weight is 228 g/mol. The van der Waals surface area contributed by atoms with Crippen LogP contribution in [0.4, 0.5) is 0 Å². The van der Waals surface area contributed by atoms with E-state index in [1.54, 1.807) is 11.1 Å². The second kappa shape index (κ2) is 3.18. The lowest BCUT2D eigenvalue weighted by Crippen LogP contribution is -2.36. The molecule has 2 bridgehead atoms. The monoisotopic (exact) mass is 228 g/mol. The quantitative estimate of drug-likeness (QED) is 0.597. The lowest BCUT2D eigenvalue weighted by atomic mass is 9.67. The Labute approximate surface area is 101 Å².